The summed E-state index contributed by atoms with van der Waals surface area (Å²) in [5.41, 5.74) is 10.7. The van der Waals surface area contributed by atoms with Crippen LogP contribution < -0.4 is 15.4 Å². The Labute approximate surface area is 238 Å². The van der Waals surface area contributed by atoms with Gasteiger partial charge in [-0.05, 0) is 99.4 Å². The smallest absolute Gasteiger partial charge is 0.253 e. The molecule has 4 heterocycles. The standard InChI is InChI=1S/C34H43N3O3/c1-5-37(28-10-14-39-15-11-28)31-19-26(7-6-23(31)2)27-8-9-30-32(20-27)36(22-34(30)12-16-40-17-13-34)21-29-24(3)18-25(4)35-33(29)38/h6-9,18-20,28H,5,10-17,21-22H2,1-4H3,(H,35,38). The van der Waals surface area contributed by atoms with Crippen molar-refractivity contribution >= 4 is 11.4 Å². The Bertz CT molecular complexity index is 1430. The molecule has 40 heavy (non-hydrogen) atoms. The molecule has 3 aliphatic heterocycles. The second kappa shape index (κ2) is 11.1. The van der Waals surface area contributed by atoms with Crippen molar-refractivity contribution in [3.05, 3.63) is 80.8 Å². The lowest BCUT2D eigenvalue weighted by atomic mass is 9.75. The van der Waals surface area contributed by atoms with Gasteiger partial charge in [-0.25, -0.2) is 0 Å². The van der Waals surface area contributed by atoms with Crippen LogP contribution in [-0.2, 0) is 21.4 Å². The quantitative estimate of drug-likeness (QED) is 0.412. The number of aryl methyl sites for hydroxylation is 3. The summed E-state index contributed by atoms with van der Waals surface area (Å²) in [6, 6.07) is 16.6. The van der Waals surface area contributed by atoms with Crippen LogP contribution in [0.5, 0.6) is 0 Å². The lowest BCUT2D eigenvalue weighted by Gasteiger charge is -2.36. The number of ether oxygens (including phenoxy) is 2. The number of hydrogen-bond donors (Lipinski definition) is 1. The van der Waals surface area contributed by atoms with Crippen LogP contribution in [0.2, 0.25) is 0 Å². The first-order chi connectivity index (χ1) is 19.4. The molecule has 0 saturated carbocycles. The summed E-state index contributed by atoms with van der Waals surface area (Å²) in [6.45, 7) is 14.3. The number of nitrogens with zero attached hydrogens (tertiary/aromatic N) is 2. The van der Waals surface area contributed by atoms with Crippen LogP contribution in [0.3, 0.4) is 0 Å². The van der Waals surface area contributed by atoms with E-state index < -0.39 is 0 Å². The van der Waals surface area contributed by atoms with Crippen molar-refractivity contribution in [2.45, 2.75) is 71.4 Å². The molecule has 0 radical (unpaired) electrons. The normalized spacial score (nSPS) is 18.8. The van der Waals surface area contributed by atoms with E-state index in [2.05, 4.69) is 78.0 Å². The molecule has 0 aliphatic carbocycles. The highest BCUT2D eigenvalue weighted by molar-refractivity contribution is 5.77. The number of benzene rings is 2. The van der Waals surface area contributed by atoms with E-state index in [-0.39, 0.29) is 11.0 Å². The van der Waals surface area contributed by atoms with Gasteiger partial charge < -0.3 is 24.3 Å². The lowest BCUT2D eigenvalue weighted by Crippen LogP contribution is -2.39. The molecule has 1 spiro atoms. The maximum atomic E-state index is 13.0. The lowest BCUT2D eigenvalue weighted by molar-refractivity contribution is 0.0553. The van der Waals surface area contributed by atoms with E-state index in [0.29, 0.717) is 12.6 Å². The summed E-state index contributed by atoms with van der Waals surface area (Å²) in [4.78, 5) is 21.0. The average Bonchev–Trinajstić information content (AvgIpc) is 3.24. The fraction of sp³-hybridized carbons (Fsp3) is 0.500. The third kappa shape index (κ3) is 4.97. The van der Waals surface area contributed by atoms with Crippen LogP contribution in [0.15, 0.2) is 47.3 Å². The summed E-state index contributed by atoms with van der Waals surface area (Å²) in [5.74, 6) is 0. The number of nitrogens with one attached hydrogen (secondary N) is 1. The average molecular weight is 542 g/mol. The van der Waals surface area contributed by atoms with Crippen molar-refractivity contribution in [2.75, 3.05) is 49.3 Å². The van der Waals surface area contributed by atoms with Gasteiger partial charge in [0.2, 0.25) is 0 Å². The topological polar surface area (TPSA) is 57.8 Å². The third-order valence-electron chi connectivity index (χ3n) is 9.52. The van der Waals surface area contributed by atoms with E-state index in [9.17, 15) is 4.79 Å². The Morgan fingerprint density at radius 2 is 1.62 bits per heavy atom. The van der Waals surface area contributed by atoms with E-state index in [1.165, 1.54) is 33.6 Å². The minimum Gasteiger partial charge on any atom is -0.381 e. The van der Waals surface area contributed by atoms with Crippen LogP contribution in [0.25, 0.3) is 11.1 Å². The van der Waals surface area contributed by atoms with Gasteiger partial charge in [0.25, 0.3) is 5.56 Å². The van der Waals surface area contributed by atoms with E-state index in [1.54, 1.807) is 0 Å². The molecule has 2 fully saturated rings. The van der Waals surface area contributed by atoms with Crippen molar-refractivity contribution in [1.82, 2.24) is 4.98 Å². The molecule has 1 N–H and O–H groups in total. The molecular weight excluding hydrogens is 498 g/mol. The number of H-pyrrole nitrogens is 1. The Morgan fingerprint density at radius 3 is 2.35 bits per heavy atom. The van der Waals surface area contributed by atoms with Crippen molar-refractivity contribution in [1.29, 1.82) is 0 Å². The van der Waals surface area contributed by atoms with Gasteiger partial charge in [-0.15, -0.1) is 0 Å². The highest BCUT2D eigenvalue weighted by atomic mass is 16.5. The van der Waals surface area contributed by atoms with Crippen LogP contribution in [-0.4, -0.2) is 50.5 Å². The predicted molar refractivity (Wildman–Crippen MR) is 163 cm³/mol. The Morgan fingerprint density at radius 1 is 0.925 bits per heavy atom. The zero-order valence-electron chi connectivity index (χ0n) is 24.5. The molecular formula is C34H43N3O3. The van der Waals surface area contributed by atoms with Crippen molar-refractivity contribution in [3.63, 3.8) is 0 Å². The molecule has 0 bridgehead atoms. The van der Waals surface area contributed by atoms with E-state index in [4.69, 9.17) is 9.47 Å². The molecule has 212 valence electrons. The molecule has 0 atom stereocenters. The first-order valence-electron chi connectivity index (χ1n) is 15.0. The van der Waals surface area contributed by atoms with Gasteiger partial charge >= 0.3 is 0 Å². The molecule has 6 rings (SSSR count). The zero-order valence-corrected chi connectivity index (χ0v) is 24.5. The molecule has 1 aromatic heterocycles. The van der Waals surface area contributed by atoms with Crippen molar-refractivity contribution < 1.29 is 9.47 Å². The van der Waals surface area contributed by atoms with Gasteiger partial charge in [0.1, 0.15) is 0 Å². The van der Waals surface area contributed by atoms with Crippen LogP contribution in [0, 0.1) is 20.8 Å². The fourth-order valence-corrected chi connectivity index (χ4v) is 7.28. The van der Waals surface area contributed by atoms with Gasteiger partial charge in [0.05, 0.1) is 0 Å². The van der Waals surface area contributed by atoms with E-state index >= 15 is 0 Å². The first-order valence-corrected chi connectivity index (χ1v) is 15.0. The Hall–Kier alpha value is -3.09. The summed E-state index contributed by atoms with van der Waals surface area (Å²) in [7, 11) is 0. The minimum absolute atomic E-state index is 0.0269. The number of fused-ring (bicyclic) bond motifs is 2. The predicted octanol–water partition coefficient (Wildman–Crippen LogP) is 6.04. The molecule has 0 amide bonds. The number of aromatic amines is 1. The van der Waals surface area contributed by atoms with Crippen molar-refractivity contribution in [3.8, 4) is 11.1 Å². The second-order valence-electron chi connectivity index (χ2n) is 12.1. The van der Waals surface area contributed by atoms with Crippen LogP contribution >= 0.6 is 0 Å². The Kier molecular flexibility index (Phi) is 7.49. The third-order valence-corrected chi connectivity index (χ3v) is 9.52. The van der Waals surface area contributed by atoms with Crippen LogP contribution in [0.4, 0.5) is 11.4 Å². The zero-order chi connectivity index (χ0) is 27.9. The van der Waals surface area contributed by atoms with Gasteiger partial charge in [-0.1, -0.05) is 24.3 Å². The number of hydrogen-bond acceptors (Lipinski definition) is 5. The molecule has 6 heteroatoms. The SMILES string of the molecule is CCN(c1cc(-c2ccc3c(c2)N(Cc2c(C)cc(C)[nH]c2=O)CC32CCOCC2)ccc1C)C1CCOCC1. The van der Waals surface area contributed by atoms with Crippen molar-refractivity contribution in [2.24, 2.45) is 0 Å². The molecule has 0 unspecified atom stereocenters. The maximum Gasteiger partial charge on any atom is 0.253 e. The van der Waals surface area contributed by atoms with Crippen LogP contribution in [0.1, 0.15) is 60.6 Å². The number of rotatable bonds is 6. The monoisotopic (exact) mass is 541 g/mol. The largest absolute Gasteiger partial charge is 0.381 e. The van der Waals surface area contributed by atoms with Gasteiger partial charge in [-0.2, -0.15) is 0 Å². The number of aromatic nitrogens is 1. The fourth-order valence-electron chi connectivity index (χ4n) is 7.28. The summed E-state index contributed by atoms with van der Waals surface area (Å²) in [5, 5.41) is 0. The van der Waals surface area contributed by atoms with Gasteiger partial charge in [-0.3, -0.25) is 4.79 Å². The maximum absolute atomic E-state index is 13.0. The molecule has 3 aromatic rings. The summed E-state index contributed by atoms with van der Waals surface area (Å²) >= 11 is 0. The summed E-state index contributed by atoms with van der Waals surface area (Å²) in [6.07, 6.45) is 4.19. The number of anilines is 2. The first kappa shape index (κ1) is 27.1. The molecule has 2 aromatic carbocycles. The number of pyridine rings is 1. The van der Waals surface area contributed by atoms with Gasteiger partial charge in [0.15, 0.2) is 0 Å². The van der Waals surface area contributed by atoms with E-state index in [1.807, 2.05) is 6.92 Å². The molecule has 6 nitrogen and oxygen atoms in total. The molecule has 2 saturated heterocycles. The highest BCUT2D eigenvalue weighted by Crippen LogP contribution is 2.48. The highest BCUT2D eigenvalue weighted by Gasteiger charge is 2.44. The molecule has 3 aliphatic rings. The minimum atomic E-state index is 0.0269. The summed E-state index contributed by atoms with van der Waals surface area (Å²) < 4.78 is 11.4. The van der Waals surface area contributed by atoms with E-state index in [0.717, 1.165) is 82.0 Å². The Balaban J connectivity index is 1.39. The second-order valence-corrected chi connectivity index (χ2v) is 12.1. The van der Waals surface area contributed by atoms with Gasteiger partial charge in [0, 0.05) is 80.2 Å².